The molecule has 30 heavy (non-hydrogen) atoms. The van der Waals surface area contributed by atoms with E-state index in [0.29, 0.717) is 52.4 Å². The fourth-order valence-corrected chi connectivity index (χ4v) is 3.54. The Bertz CT molecular complexity index is 594. The number of aliphatic carboxylic acids is 3. The minimum absolute atomic E-state index is 0.126. The highest BCUT2D eigenvalue weighted by molar-refractivity contribution is 5.85. The Morgan fingerprint density at radius 1 is 0.533 bits per heavy atom. The molecule has 0 aromatic rings. The Morgan fingerprint density at radius 3 is 1.03 bits per heavy atom. The Kier molecular flexibility index (Phi) is 9.63. The van der Waals surface area contributed by atoms with E-state index in [9.17, 15) is 29.4 Å². The van der Waals surface area contributed by atoms with Crippen LogP contribution in [0.15, 0.2) is 0 Å². The number of ketones is 1. The highest BCUT2D eigenvalue weighted by Crippen LogP contribution is 2.29. The number of nitrogens with zero attached hydrogens (tertiary/aromatic N) is 4. The first-order chi connectivity index (χ1) is 14.2. The summed E-state index contributed by atoms with van der Waals surface area (Å²) >= 11 is 0. The van der Waals surface area contributed by atoms with Gasteiger partial charge in [-0.2, -0.15) is 0 Å². The van der Waals surface area contributed by atoms with E-state index in [1.54, 1.807) is 14.7 Å². The average Bonchev–Trinajstić information content (AvgIpc) is 3.47. The van der Waals surface area contributed by atoms with Crippen LogP contribution in [-0.2, 0) is 19.2 Å². The van der Waals surface area contributed by atoms with Gasteiger partial charge in [-0.3, -0.25) is 38.8 Å². The summed E-state index contributed by atoms with van der Waals surface area (Å²) in [7, 11) is 0. The van der Waals surface area contributed by atoms with Crippen LogP contribution in [0.3, 0.4) is 0 Å². The van der Waals surface area contributed by atoms with Gasteiger partial charge in [0.05, 0.1) is 26.2 Å². The van der Waals surface area contributed by atoms with Crippen LogP contribution in [0.4, 0.5) is 0 Å². The van der Waals surface area contributed by atoms with Gasteiger partial charge >= 0.3 is 17.9 Å². The molecule has 0 aromatic heterocycles. The van der Waals surface area contributed by atoms with Crippen LogP contribution >= 0.6 is 0 Å². The fraction of sp³-hybridized carbons (Fsp3) is 0.789. The van der Waals surface area contributed by atoms with Gasteiger partial charge < -0.3 is 15.3 Å². The molecule has 0 aromatic carbocycles. The zero-order valence-corrected chi connectivity index (χ0v) is 17.2. The van der Waals surface area contributed by atoms with Gasteiger partial charge in [0.15, 0.2) is 0 Å². The minimum Gasteiger partial charge on any atom is -0.480 e. The van der Waals surface area contributed by atoms with Crippen molar-refractivity contribution in [3.63, 3.8) is 0 Å². The second-order valence-corrected chi connectivity index (χ2v) is 8.03. The zero-order chi connectivity index (χ0) is 22.1. The van der Waals surface area contributed by atoms with Crippen molar-refractivity contribution in [1.29, 1.82) is 0 Å². The number of hydrogen-bond donors (Lipinski definition) is 3. The SMILES string of the molecule is O=C(O)CN1CCN(CC(=O)O)CCN(CC(=O)C2CC2)CCN(CC(=O)O)CC1. The van der Waals surface area contributed by atoms with E-state index in [1.165, 1.54) is 0 Å². The highest BCUT2D eigenvalue weighted by atomic mass is 16.4. The largest absolute Gasteiger partial charge is 0.480 e. The van der Waals surface area contributed by atoms with Gasteiger partial charge in [0.2, 0.25) is 0 Å². The average molecular weight is 428 g/mol. The van der Waals surface area contributed by atoms with Crippen molar-refractivity contribution in [2.75, 3.05) is 78.5 Å². The molecule has 1 aliphatic carbocycles. The maximum atomic E-state index is 12.3. The molecule has 0 amide bonds. The maximum Gasteiger partial charge on any atom is 0.317 e. The van der Waals surface area contributed by atoms with Gasteiger partial charge in [0.25, 0.3) is 0 Å². The summed E-state index contributed by atoms with van der Waals surface area (Å²) in [4.78, 5) is 53.1. The lowest BCUT2D eigenvalue weighted by molar-refractivity contribution is -0.140. The predicted octanol–water partition coefficient (Wildman–Crippen LogP) is -1.56. The summed E-state index contributed by atoms with van der Waals surface area (Å²) in [5.41, 5.74) is 0. The van der Waals surface area contributed by atoms with Crippen LogP contribution in [0.25, 0.3) is 0 Å². The van der Waals surface area contributed by atoms with Crippen LogP contribution < -0.4 is 0 Å². The maximum absolute atomic E-state index is 12.3. The number of carbonyl (C=O) groups excluding carboxylic acids is 1. The standard InChI is InChI=1S/C19H32N4O7/c24-16(15-1-2-15)11-20-3-5-21(12-17(25)26)7-9-23(14-19(29)30)10-8-22(6-4-20)13-18(27)28/h15H,1-14H2,(H,25,26)(H,27,28)(H,29,30). The zero-order valence-electron chi connectivity index (χ0n) is 17.2. The molecule has 0 bridgehead atoms. The summed E-state index contributed by atoms with van der Waals surface area (Å²) < 4.78 is 0. The first kappa shape index (κ1) is 24.2. The summed E-state index contributed by atoms with van der Waals surface area (Å²) in [6, 6.07) is 0. The molecule has 2 fully saturated rings. The van der Waals surface area contributed by atoms with Gasteiger partial charge in [-0.05, 0) is 12.8 Å². The second kappa shape index (κ2) is 11.9. The van der Waals surface area contributed by atoms with Crippen LogP contribution in [0.2, 0.25) is 0 Å². The number of carboxylic acid groups (broad SMARTS) is 3. The van der Waals surface area contributed by atoms with E-state index in [2.05, 4.69) is 0 Å². The number of carboxylic acids is 3. The third-order valence-electron chi connectivity index (χ3n) is 5.42. The first-order valence-electron chi connectivity index (χ1n) is 10.3. The summed E-state index contributed by atoms with van der Waals surface area (Å²) in [6.45, 7) is 3.12. The van der Waals surface area contributed by atoms with E-state index in [1.807, 2.05) is 4.90 Å². The summed E-state index contributed by atoms with van der Waals surface area (Å²) in [6.07, 6.45) is 1.84. The second-order valence-electron chi connectivity index (χ2n) is 8.03. The number of carbonyl (C=O) groups is 4. The fourth-order valence-electron chi connectivity index (χ4n) is 3.54. The van der Waals surface area contributed by atoms with Crippen molar-refractivity contribution in [3.05, 3.63) is 0 Å². The van der Waals surface area contributed by atoms with Gasteiger partial charge in [-0.25, -0.2) is 0 Å². The number of Topliss-reactive ketones (excluding diaryl/α,β-unsaturated/α-hetero) is 1. The number of hydrogen-bond acceptors (Lipinski definition) is 8. The van der Waals surface area contributed by atoms with Crippen molar-refractivity contribution < 1.29 is 34.5 Å². The van der Waals surface area contributed by atoms with Crippen molar-refractivity contribution in [2.45, 2.75) is 12.8 Å². The van der Waals surface area contributed by atoms with E-state index in [0.717, 1.165) is 12.8 Å². The minimum atomic E-state index is -0.985. The molecule has 0 radical (unpaired) electrons. The third kappa shape index (κ3) is 9.61. The summed E-state index contributed by atoms with van der Waals surface area (Å²) in [5.74, 6) is -2.59. The predicted molar refractivity (Wildman–Crippen MR) is 106 cm³/mol. The molecular formula is C19H32N4O7. The molecule has 0 atom stereocenters. The molecule has 2 aliphatic rings. The van der Waals surface area contributed by atoms with Gasteiger partial charge in [0, 0.05) is 58.3 Å². The Morgan fingerprint density at radius 2 is 0.800 bits per heavy atom. The van der Waals surface area contributed by atoms with Gasteiger partial charge in [-0.15, -0.1) is 0 Å². The first-order valence-corrected chi connectivity index (χ1v) is 10.3. The molecule has 0 unspecified atom stereocenters. The van der Waals surface area contributed by atoms with Crippen molar-refractivity contribution in [3.8, 4) is 0 Å². The molecule has 0 spiro atoms. The van der Waals surface area contributed by atoms with Crippen molar-refractivity contribution in [2.24, 2.45) is 5.92 Å². The van der Waals surface area contributed by atoms with Crippen LogP contribution in [-0.4, -0.2) is 137 Å². The molecule has 1 saturated carbocycles. The van der Waals surface area contributed by atoms with E-state index < -0.39 is 17.9 Å². The molecule has 1 heterocycles. The van der Waals surface area contributed by atoms with Crippen LogP contribution in [0, 0.1) is 5.92 Å². The lowest BCUT2D eigenvalue weighted by Crippen LogP contribution is -2.49. The Hall–Kier alpha value is -2.08. The van der Waals surface area contributed by atoms with Crippen molar-refractivity contribution >= 4 is 23.7 Å². The molecule has 1 saturated heterocycles. The smallest absolute Gasteiger partial charge is 0.317 e. The molecule has 11 heteroatoms. The van der Waals surface area contributed by atoms with Crippen molar-refractivity contribution in [1.82, 2.24) is 19.6 Å². The molecule has 1 aliphatic heterocycles. The quantitative estimate of drug-likeness (QED) is 0.392. The van der Waals surface area contributed by atoms with E-state index >= 15 is 0 Å². The Labute approximate surface area is 175 Å². The third-order valence-corrected chi connectivity index (χ3v) is 5.42. The molecule has 3 N–H and O–H groups in total. The van der Waals surface area contributed by atoms with Crippen LogP contribution in [0.1, 0.15) is 12.8 Å². The lowest BCUT2D eigenvalue weighted by atomic mass is 10.2. The molecule has 170 valence electrons. The van der Waals surface area contributed by atoms with Gasteiger partial charge in [-0.1, -0.05) is 0 Å². The Balaban J connectivity index is 2.08. The monoisotopic (exact) mass is 428 g/mol. The highest BCUT2D eigenvalue weighted by Gasteiger charge is 2.30. The molecular weight excluding hydrogens is 396 g/mol. The van der Waals surface area contributed by atoms with E-state index in [-0.39, 0.29) is 37.9 Å². The van der Waals surface area contributed by atoms with Crippen LogP contribution in [0.5, 0.6) is 0 Å². The lowest BCUT2D eigenvalue weighted by Gasteiger charge is -2.32. The topological polar surface area (TPSA) is 142 Å². The molecule has 11 nitrogen and oxygen atoms in total. The van der Waals surface area contributed by atoms with E-state index in [4.69, 9.17) is 5.11 Å². The number of rotatable bonds is 9. The normalized spacial score (nSPS) is 21.5. The molecule has 2 rings (SSSR count). The summed E-state index contributed by atoms with van der Waals surface area (Å²) in [5, 5.41) is 27.5. The van der Waals surface area contributed by atoms with Gasteiger partial charge in [0.1, 0.15) is 5.78 Å².